The van der Waals surface area contributed by atoms with Gasteiger partial charge in [0, 0.05) is 0 Å². The fraction of sp³-hybridized carbons (Fsp3) is 0.462. The first-order chi connectivity index (χ1) is 7.92. The van der Waals surface area contributed by atoms with E-state index in [-0.39, 0.29) is 0 Å². The number of hydrogen-bond donors (Lipinski definition) is 1. The molecule has 0 spiro atoms. The molecule has 17 heavy (non-hydrogen) atoms. The number of ether oxygens (including phenoxy) is 2. The van der Waals surface area contributed by atoms with Crippen LogP contribution in [0.4, 0.5) is 0 Å². The van der Waals surface area contributed by atoms with Crippen molar-refractivity contribution in [2.24, 2.45) is 5.41 Å². The van der Waals surface area contributed by atoms with Gasteiger partial charge in [0.15, 0.2) is 11.5 Å². The van der Waals surface area contributed by atoms with E-state index in [0.29, 0.717) is 17.9 Å². The molecule has 0 aliphatic rings. The van der Waals surface area contributed by atoms with E-state index in [9.17, 15) is 4.79 Å². The zero-order valence-corrected chi connectivity index (χ0v) is 10.6. The molecule has 0 aliphatic heterocycles. The van der Waals surface area contributed by atoms with Crippen LogP contribution >= 0.6 is 0 Å². The third kappa shape index (κ3) is 2.90. The molecular weight excluding hydrogens is 220 g/mol. The second kappa shape index (κ2) is 5.08. The summed E-state index contributed by atoms with van der Waals surface area (Å²) in [5, 5.41) is 9.12. The van der Waals surface area contributed by atoms with E-state index in [1.54, 1.807) is 34.1 Å². The zero-order valence-electron chi connectivity index (χ0n) is 10.6. The third-order valence-electron chi connectivity index (χ3n) is 2.70. The topological polar surface area (TPSA) is 55.8 Å². The van der Waals surface area contributed by atoms with Crippen LogP contribution in [0.15, 0.2) is 18.2 Å². The van der Waals surface area contributed by atoms with E-state index < -0.39 is 11.4 Å². The predicted octanol–water partition coefficient (Wildman–Crippen LogP) is 2.36. The van der Waals surface area contributed by atoms with Crippen LogP contribution in [-0.4, -0.2) is 25.3 Å². The lowest BCUT2D eigenvalue weighted by molar-refractivity contribution is -0.146. The number of hydrogen-bond acceptors (Lipinski definition) is 3. The number of benzene rings is 1. The van der Waals surface area contributed by atoms with Gasteiger partial charge in [-0.25, -0.2) is 0 Å². The lowest BCUT2D eigenvalue weighted by Crippen LogP contribution is -2.26. The highest BCUT2D eigenvalue weighted by molar-refractivity contribution is 5.74. The van der Waals surface area contributed by atoms with E-state index in [1.807, 2.05) is 12.1 Å². The molecule has 0 heterocycles. The molecule has 1 aromatic carbocycles. The number of rotatable bonds is 5. The Morgan fingerprint density at radius 1 is 1.29 bits per heavy atom. The quantitative estimate of drug-likeness (QED) is 0.855. The summed E-state index contributed by atoms with van der Waals surface area (Å²) in [6, 6.07) is 5.47. The van der Waals surface area contributed by atoms with Gasteiger partial charge in [0.2, 0.25) is 0 Å². The Kier molecular flexibility index (Phi) is 3.99. The smallest absolute Gasteiger partial charge is 0.309 e. The van der Waals surface area contributed by atoms with Crippen LogP contribution in [0, 0.1) is 5.41 Å². The molecule has 0 saturated heterocycles. The minimum Gasteiger partial charge on any atom is -0.493 e. The van der Waals surface area contributed by atoms with E-state index in [2.05, 4.69) is 0 Å². The molecule has 0 unspecified atom stereocenters. The average Bonchev–Trinajstić information content (AvgIpc) is 2.27. The van der Waals surface area contributed by atoms with Gasteiger partial charge in [-0.15, -0.1) is 0 Å². The van der Waals surface area contributed by atoms with Crippen molar-refractivity contribution >= 4 is 5.97 Å². The van der Waals surface area contributed by atoms with Crippen molar-refractivity contribution in [1.82, 2.24) is 0 Å². The molecule has 1 rings (SSSR count). The summed E-state index contributed by atoms with van der Waals surface area (Å²) >= 11 is 0. The first-order valence-electron chi connectivity index (χ1n) is 5.35. The molecule has 0 saturated carbocycles. The van der Waals surface area contributed by atoms with Crippen LogP contribution in [0.5, 0.6) is 11.5 Å². The fourth-order valence-corrected chi connectivity index (χ4v) is 1.64. The third-order valence-corrected chi connectivity index (χ3v) is 2.70. The maximum atomic E-state index is 11.1. The summed E-state index contributed by atoms with van der Waals surface area (Å²) in [5.41, 5.74) is -0.00105. The largest absolute Gasteiger partial charge is 0.493 e. The Balaban J connectivity index is 3.10. The molecule has 94 valence electrons. The number of aliphatic carboxylic acids is 1. The number of para-hydroxylation sites is 1. The molecule has 0 atom stereocenters. The monoisotopic (exact) mass is 238 g/mol. The summed E-state index contributed by atoms with van der Waals surface area (Å²) < 4.78 is 10.5. The van der Waals surface area contributed by atoms with Gasteiger partial charge in [0.05, 0.1) is 19.6 Å². The molecule has 0 radical (unpaired) electrons. The van der Waals surface area contributed by atoms with Gasteiger partial charge in [-0.05, 0) is 31.9 Å². The first kappa shape index (κ1) is 13.4. The molecule has 1 N–H and O–H groups in total. The number of carboxylic acid groups (broad SMARTS) is 1. The molecule has 0 bridgehead atoms. The summed E-state index contributed by atoms with van der Waals surface area (Å²) in [6.07, 6.45) is 0.392. The van der Waals surface area contributed by atoms with Crippen molar-refractivity contribution in [1.29, 1.82) is 0 Å². The van der Waals surface area contributed by atoms with Gasteiger partial charge >= 0.3 is 5.97 Å². The highest BCUT2D eigenvalue weighted by Crippen LogP contribution is 2.34. The van der Waals surface area contributed by atoms with E-state index in [4.69, 9.17) is 14.6 Å². The molecule has 0 fully saturated rings. The lowest BCUT2D eigenvalue weighted by atomic mass is 9.85. The van der Waals surface area contributed by atoms with E-state index >= 15 is 0 Å². The van der Waals surface area contributed by atoms with Gasteiger partial charge in [-0.3, -0.25) is 4.79 Å². The predicted molar refractivity (Wildman–Crippen MR) is 64.7 cm³/mol. The fourth-order valence-electron chi connectivity index (χ4n) is 1.64. The van der Waals surface area contributed by atoms with Crippen molar-refractivity contribution in [3.8, 4) is 11.5 Å². The second-order valence-corrected chi connectivity index (χ2v) is 4.52. The molecule has 1 aromatic rings. The second-order valence-electron chi connectivity index (χ2n) is 4.52. The molecule has 0 aromatic heterocycles. The lowest BCUT2D eigenvalue weighted by Gasteiger charge is -2.21. The van der Waals surface area contributed by atoms with Crippen molar-refractivity contribution in [2.75, 3.05) is 14.2 Å². The molecular formula is C13H18O4. The van der Waals surface area contributed by atoms with Crippen molar-refractivity contribution < 1.29 is 19.4 Å². The molecule has 0 amide bonds. The maximum Gasteiger partial charge on any atom is 0.309 e. The first-order valence-corrected chi connectivity index (χ1v) is 5.35. The van der Waals surface area contributed by atoms with Gasteiger partial charge in [-0.1, -0.05) is 12.1 Å². The highest BCUT2D eigenvalue weighted by atomic mass is 16.5. The van der Waals surface area contributed by atoms with Gasteiger partial charge in [0.1, 0.15) is 0 Å². The van der Waals surface area contributed by atoms with Gasteiger partial charge in [-0.2, -0.15) is 0 Å². The number of methoxy groups -OCH3 is 2. The van der Waals surface area contributed by atoms with Gasteiger partial charge < -0.3 is 14.6 Å². The summed E-state index contributed by atoms with van der Waals surface area (Å²) in [5.74, 6) is 0.387. The molecule has 0 aliphatic carbocycles. The van der Waals surface area contributed by atoms with Crippen molar-refractivity contribution in [3.63, 3.8) is 0 Å². The number of carbonyl (C=O) groups is 1. The molecule has 4 heteroatoms. The maximum absolute atomic E-state index is 11.1. The molecule has 4 nitrogen and oxygen atoms in total. The van der Waals surface area contributed by atoms with Crippen molar-refractivity contribution in [3.05, 3.63) is 23.8 Å². The summed E-state index contributed by atoms with van der Waals surface area (Å²) in [4.78, 5) is 11.1. The summed E-state index contributed by atoms with van der Waals surface area (Å²) in [7, 11) is 3.11. The minimum atomic E-state index is -0.834. The van der Waals surface area contributed by atoms with Gasteiger partial charge in [0.25, 0.3) is 0 Å². The van der Waals surface area contributed by atoms with Crippen LogP contribution in [0.3, 0.4) is 0 Å². The SMILES string of the molecule is COc1cccc(CC(C)(C)C(=O)O)c1OC. The van der Waals surface area contributed by atoms with Crippen LogP contribution in [-0.2, 0) is 11.2 Å². The van der Waals surface area contributed by atoms with Crippen LogP contribution in [0.1, 0.15) is 19.4 Å². The Labute approximate surface area is 101 Å². The Bertz CT molecular complexity index is 410. The Hall–Kier alpha value is -1.71. The average molecular weight is 238 g/mol. The summed E-state index contributed by atoms with van der Waals surface area (Å²) in [6.45, 7) is 3.38. The van der Waals surface area contributed by atoms with Crippen LogP contribution in [0.25, 0.3) is 0 Å². The van der Waals surface area contributed by atoms with E-state index in [1.165, 1.54) is 0 Å². The Morgan fingerprint density at radius 3 is 2.41 bits per heavy atom. The highest BCUT2D eigenvalue weighted by Gasteiger charge is 2.29. The van der Waals surface area contributed by atoms with E-state index in [0.717, 1.165) is 5.56 Å². The normalized spacial score (nSPS) is 11.1. The van der Waals surface area contributed by atoms with Crippen molar-refractivity contribution in [2.45, 2.75) is 20.3 Å². The minimum absolute atomic E-state index is 0.392. The zero-order chi connectivity index (χ0) is 13.1. The van der Waals surface area contributed by atoms with Crippen LogP contribution < -0.4 is 9.47 Å². The number of carboxylic acids is 1. The van der Waals surface area contributed by atoms with Crippen LogP contribution in [0.2, 0.25) is 0 Å². The standard InChI is InChI=1S/C13H18O4/c1-13(2,12(14)15)8-9-6-5-7-10(16-3)11(9)17-4/h5-7H,8H2,1-4H3,(H,14,15). The Morgan fingerprint density at radius 2 is 1.94 bits per heavy atom.